The molecular weight excluding hydrogens is 421 g/mol. The van der Waals surface area contributed by atoms with Gasteiger partial charge in [0.1, 0.15) is 5.75 Å². The van der Waals surface area contributed by atoms with Gasteiger partial charge in [-0.2, -0.15) is 4.98 Å². The summed E-state index contributed by atoms with van der Waals surface area (Å²) in [6, 6.07) is 6.40. The van der Waals surface area contributed by atoms with E-state index in [9.17, 15) is 0 Å². The number of guanidine groups is 1. The Morgan fingerprint density at radius 3 is 2.96 bits per heavy atom. The predicted molar refractivity (Wildman–Crippen MR) is 102 cm³/mol. The van der Waals surface area contributed by atoms with E-state index in [0.29, 0.717) is 24.2 Å². The van der Waals surface area contributed by atoms with Crippen molar-refractivity contribution in [2.75, 3.05) is 20.2 Å². The highest BCUT2D eigenvalue weighted by Gasteiger charge is 2.11. The zero-order chi connectivity index (χ0) is 16.1. The average molecular weight is 443 g/mol. The Labute approximate surface area is 158 Å². The number of hydrogen-bond acceptors (Lipinski definition) is 5. The van der Waals surface area contributed by atoms with Gasteiger partial charge < -0.3 is 19.9 Å². The van der Waals surface area contributed by atoms with Crippen molar-refractivity contribution in [3.8, 4) is 5.75 Å². The lowest BCUT2D eigenvalue weighted by molar-refractivity contribution is 0.357. The van der Waals surface area contributed by atoms with Crippen LogP contribution in [0.2, 0.25) is 0 Å². The lowest BCUT2D eigenvalue weighted by Crippen LogP contribution is -2.37. The summed E-state index contributed by atoms with van der Waals surface area (Å²) in [6.45, 7) is 3.84. The Balaban J connectivity index is 0.00000208. The second-order valence-corrected chi connectivity index (χ2v) is 5.38. The quantitative estimate of drug-likeness (QED) is 0.417. The molecule has 0 unspecified atom stereocenters. The number of ether oxygens (including phenoxy) is 1. The van der Waals surface area contributed by atoms with Crippen LogP contribution in [0.5, 0.6) is 5.75 Å². The van der Waals surface area contributed by atoms with Crippen molar-refractivity contribution >= 4 is 29.9 Å². The SMILES string of the molecule is CN=C(NCCc1ccc2c(c1)CCO2)NCc1nc(C)no1.I. The molecule has 2 aromatic rings. The fourth-order valence-corrected chi connectivity index (χ4v) is 2.51. The molecule has 0 amide bonds. The van der Waals surface area contributed by atoms with Crippen molar-refractivity contribution in [1.82, 2.24) is 20.8 Å². The van der Waals surface area contributed by atoms with E-state index in [-0.39, 0.29) is 24.0 Å². The molecule has 24 heavy (non-hydrogen) atoms. The van der Waals surface area contributed by atoms with Crippen LogP contribution in [0.25, 0.3) is 0 Å². The van der Waals surface area contributed by atoms with Crippen LogP contribution in [0.4, 0.5) is 0 Å². The molecular formula is C16H22IN5O2. The standard InChI is InChI=1S/C16H21N5O2.HI/c1-11-20-15(23-21-11)10-19-16(17-2)18-7-5-12-3-4-14-13(9-12)6-8-22-14;/h3-4,9H,5-8,10H2,1-2H3,(H2,17,18,19);1H. The van der Waals surface area contributed by atoms with Gasteiger partial charge in [0.2, 0.25) is 5.89 Å². The third-order valence-electron chi connectivity index (χ3n) is 3.66. The van der Waals surface area contributed by atoms with Crippen molar-refractivity contribution in [2.24, 2.45) is 4.99 Å². The molecule has 0 atom stereocenters. The maximum atomic E-state index is 5.52. The first-order chi connectivity index (χ1) is 11.2. The van der Waals surface area contributed by atoms with Gasteiger partial charge >= 0.3 is 0 Å². The molecule has 130 valence electrons. The summed E-state index contributed by atoms with van der Waals surface area (Å²) in [5.41, 5.74) is 2.60. The number of halogens is 1. The molecule has 0 radical (unpaired) electrons. The fraction of sp³-hybridized carbons (Fsp3) is 0.438. The van der Waals surface area contributed by atoms with Gasteiger partial charge in [-0.05, 0) is 30.5 Å². The van der Waals surface area contributed by atoms with Crippen molar-refractivity contribution in [3.05, 3.63) is 41.0 Å². The van der Waals surface area contributed by atoms with Gasteiger partial charge in [0.15, 0.2) is 11.8 Å². The summed E-state index contributed by atoms with van der Waals surface area (Å²) in [7, 11) is 1.74. The molecule has 1 aliphatic rings. The van der Waals surface area contributed by atoms with Gasteiger partial charge in [0, 0.05) is 20.0 Å². The lowest BCUT2D eigenvalue weighted by Gasteiger charge is -2.10. The highest BCUT2D eigenvalue weighted by Crippen LogP contribution is 2.25. The Kier molecular flexibility index (Phi) is 6.83. The third kappa shape index (κ3) is 4.83. The highest BCUT2D eigenvalue weighted by atomic mass is 127. The molecule has 1 aromatic carbocycles. The minimum Gasteiger partial charge on any atom is -0.493 e. The van der Waals surface area contributed by atoms with Gasteiger partial charge in [0.25, 0.3) is 0 Å². The number of nitrogens with one attached hydrogen (secondary N) is 2. The van der Waals surface area contributed by atoms with Crippen LogP contribution in [-0.2, 0) is 19.4 Å². The topological polar surface area (TPSA) is 84.6 Å². The van der Waals surface area contributed by atoms with Crippen molar-refractivity contribution in [3.63, 3.8) is 0 Å². The number of fused-ring (bicyclic) bond motifs is 1. The van der Waals surface area contributed by atoms with Gasteiger partial charge in [0.05, 0.1) is 13.2 Å². The van der Waals surface area contributed by atoms with E-state index < -0.39 is 0 Å². The maximum absolute atomic E-state index is 5.52. The molecule has 2 N–H and O–H groups in total. The second kappa shape index (κ2) is 8.86. The number of hydrogen-bond donors (Lipinski definition) is 2. The average Bonchev–Trinajstić information content (AvgIpc) is 3.18. The molecule has 0 spiro atoms. The van der Waals surface area contributed by atoms with Crippen LogP contribution in [0, 0.1) is 6.92 Å². The summed E-state index contributed by atoms with van der Waals surface area (Å²) in [5.74, 6) is 2.91. The first-order valence-electron chi connectivity index (χ1n) is 7.73. The molecule has 0 bridgehead atoms. The van der Waals surface area contributed by atoms with Crippen LogP contribution in [0.15, 0.2) is 27.7 Å². The minimum absolute atomic E-state index is 0. The Hall–Kier alpha value is -1.84. The summed E-state index contributed by atoms with van der Waals surface area (Å²) in [4.78, 5) is 8.33. The van der Waals surface area contributed by atoms with E-state index >= 15 is 0 Å². The number of aryl methyl sites for hydroxylation is 1. The van der Waals surface area contributed by atoms with E-state index in [1.54, 1.807) is 14.0 Å². The van der Waals surface area contributed by atoms with E-state index in [1.807, 2.05) is 0 Å². The van der Waals surface area contributed by atoms with Crippen LogP contribution in [0.3, 0.4) is 0 Å². The van der Waals surface area contributed by atoms with E-state index in [0.717, 1.165) is 31.7 Å². The van der Waals surface area contributed by atoms with Crippen LogP contribution in [0.1, 0.15) is 22.8 Å². The summed E-state index contributed by atoms with van der Waals surface area (Å²) in [5, 5.41) is 10.2. The molecule has 2 heterocycles. The first kappa shape index (κ1) is 18.5. The molecule has 0 aliphatic carbocycles. The molecule has 3 rings (SSSR count). The molecule has 0 saturated carbocycles. The van der Waals surface area contributed by atoms with E-state index in [2.05, 4.69) is 44.0 Å². The third-order valence-corrected chi connectivity index (χ3v) is 3.66. The molecule has 0 fully saturated rings. The minimum atomic E-state index is 0. The van der Waals surface area contributed by atoms with E-state index in [1.165, 1.54) is 11.1 Å². The largest absolute Gasteiger partial charge is 0.493 e. The van der Waals surface area contributed by atoms with Crippen molar-refractivity contribution < 1.29 is 9.26 Å². The number of rotatable bonds is 5. The Bertz CT molecular complexity index is 702. The van der Waals surface area contributed by atoms with Crippen LogP contribution in [-0.4, -0.2) is 36.3 Å². The smallest absolute Gasteiger partial charge is 0.246 e. The van der Waals surface area contributed by atoms with Gasteiger partial charge in [-0.1, -0.05) is 17.3 Å². The molecule has 1 aromatic heterocycles. The van der Waals surface area contributed by atoms with Crippen LogP contribution >= 0.6 is 24.0 Å². The van der Waals surface area contributed by atoms with E-state index in [4.69, 9.17) is 9.26 Å². The number of aromatic nitrogens is 2. The zero-order valence-electron chi connectivity index (χ0n) is 13.8. The van der Waals surface area contributed by atoms with Crippen LogP contribution < -0.4 is 15.4 Å². The predicted octanol–water partition coefficient (Wildman–Crippen LogP) is 1.84. The second-order valence-electron chi connectivity index (χ2n) is 5.38. The summed E-state index contributed by atoms with van der Waals surface area (Å²) < 4.78 is 10.6. The lowest BCUT2D eigenvalue weighted by atomic mass is 10.1. The summed E-state index contributed by atoms with van der Waals surface area (Å²) >= 11 is 0. The molecule has 7 nitrogen and oxygen atoms in total. The summed E-state index contributed by atoms with van der Waals surface area (Å²) in [6.07, 6.45) is 1.93. The number of aliphatic imine (C=N–C) groups is 1. The number of benzene rings is 1. The molecule has 1 aliphatic heterocycles. The normalized spacial score (nSPS) is 13.0. The van der Waals surface area contributed by atoms with Crippen molar-refractivity contribution in [2.45, 2.75) is 26.3 Å². The molecule has 8 heteroatoms. The Morgan fingerprint density at radius 1 is 1.33 bits per heavy atom. The zero-order valence-corrected chi connectivity index (χ0v) is 16.2. The van der Waals surface area contributed by atoms with Gasteiger partial charge in [-0.3, -0.25) is 4.99 Å². The number of nitrogens with zero attached hydrogens (tertiary/aromatic N) is 3. The Morgan fingerprint density at radius 2 is 2.21 bits per heavy atom. The fourth-order valence-electron chi connectivity index (χ4n) is 2.51. The molecule has 0 saturated heterocycles. The van der Waals surface area contributed by atoms with Gasteiger partial charge in [-0.15, -0.1) is 24.0 Å². The van der Waals surface area contributed by atoms with Gasteiger partial charge in [-0.25, -0.2) is 0 Å². The maximum Gasteiger partial charge on any atom is 0.246 e. The first-order valence-corrected chi connectivity index (χ1v) is 7.73. The van der Waals surface area contributed by atoms with Crippen molar-refractivity contribution in [1.29, 1.82) is 0 Å². The monoisotopic (exact) mass is 443 g/mol. The highest BCUT2D eigenvalue weighted by molar-refractivity contribution is 14.0.